The van der Waals surface area contributed by atoms with Crippen molar-refractivity contribution >= 4 is 11.6 Å². The average Bonchev–Trinajstić information content (AvgIpc) is 3.52. The average molecular weight is 363 g/mol. The van der Waals surface area contributed by atoms with Crippen molar-refractivity contribution in [3.8, 4) is 29.6 Å². The number of ether oxygens (including phenoxy) is 3. The van der Waals surface area contributed by atoms with Crippen LogP contribution in [0.25, 0.3) is 0 Å². The van der Waals surface area contributed by atoms with Gasteiger partial charge in [0.15, 0.2) is 11.5 Å². The monoisotopic (exact) mass is 363 g/mol. The van der Waals surface area contributed by atoms with Gasteiger partial charge in [0.25, 0.3) is 0 Å². The van der Waals surface area contributed by atoms with Crippen LogP contribution in [0, 0.1) is 18.3 Å². The van der Waals surface area contributed by atoms with E-state index >= 15 is 0 Å². The Morgan fingerprint density at radius 3 is 2.96 bits per heavy atom. The lowest BCUT2D eigenvalue weighted by Crippen LogP contribution is -2.39. The molecule has 5 nitrogen and oxygen atoms in total. The first-order valence-corrected chi connectivity index (χ1v) is 9.00. The van der Waals surface area contributed by atoms with E-state index in [4.69, 9.17) is 20.6 Å². The van der Waals surface area contributed by atoms with Crippen molar-refractivity contribution in [3.05, 3.63) is 48.0 Å². The number of anilines is 1. The minimum absolute atomic E-state index is 0.0154. The fourth-order valence-electron chi connectivity index (χ4n) is 3.59. The molecule has 1 heterocycles. The zero-order valence-electron chi connectivity index (χ0n) is 15.2. The van der Waals surface area contributed by atoms with Gasteiger partial charge in [-0.25, -0.2) is 0 Å². The summed E-state index contributed by atoms with van der Waals surface area (Å²) in [6.45, 7) is 1.30. The fourth-order valence-corrected chi connectivity index (χ4v) is 3.59. The number of nitrogens with zero attached hydrogens (tertiary/aromatic N) is 1. The first-order chi connectivity index (χ1) is 13.2. The van der Waals surface area contributed by atoms with Crippen molar-refractivity contribution in [1.82, 2.24) is 0 Å². The predicted octanol–water partition coefficient (Wildman–Crippen LogP) is 3.24. The van der Waals surface area contributed by atoms with Crippen LogP contribution in [-0.2, 0) is 4.79 Å². The number of rotatable bonds is 5. The second-order valence-corrected chi connectivity index (χ2v) is 6.66. The van der Waals surface area contributed by atoms with Crippen molar-refractivity contribution in [2.45, 2.75) is 12.3 Å². The van der Waals surface area contributed by atoms with Crippen LogP contribution in [0.1, 0.15) is 17.9 Å². The van der Waals surface area contributed by atoms with E-state index in [0.717, 1.165) is 23.4 Å². The summed E-state index contributed by atoms with van der Waals surface area (Å²) in [4.78, 5) is 14.9. The molecule has 0 radical (unpaired) electrons. The Hall–Kier alpha value is -3.13. The number of carbonyl (C=O) groups is 1. The zero-order chi connectivity index (χ0) is 18.8. The normalized spacial score (nSPS) is 20.1. The van der Waals surface area contributed by atoms with Crippen LogP contribution in [0.4, 0.5) is 5.69 Å². The molecule has 4 rings (SSSR count). The Labute approximate surface area is 158 Å². The molecule has 0 saturated heterocycles. The molecular formula is C22H21NO4. The Bertz CT molecular complexity index is 901. The number of hydrogen-bond donors (Lipinski definition) is 0. The van der Waals surface area contributed by atoms with Gasteiger partial charge >= 0.3 is 0 Å². The van der Waals surface area contributed by atoms with Crippen molar-refractivity contribution in [3.63, 3.8) is 0 Å². The van der Waals surface area contributed by atoms with E-state index in [2.05, 4.69) is 5.92 Å². The highest BCUT2D eigenvalue weighted by atomic mass is 16.5. The number of fused-ring (bicyclic) bond motifs is 1. The first-order valence-electron chi connectivity index (χ1n) is 9.00. The minimum Gasteiger partial charge on any atom is -0.493 e. The van der Waals surface area contributed by atoms with Gasteiger partial charge in [0.1, 0.15) is 19.0 Å². The van der Waals surface area contributed by atoms with E-state index in [0.29, 0.717) is 24.7 Å². The van der Waals surface area contributed by atoms with Crippen molar-refractivity contribution < 1.29 is 19.0 Å². The molecule has 27 heavy (non-hydrogen) atoms. The lowest BCUT2D eigenvalue weighted by Gasteiger charge is -2.29. The molecular weight excluding hydrogens is 342 g/mol. The molecule has 2 aliphatic rings. The lowest BCUT2D eigenvalue weighted by molar-refractivity contribution is -0.120. The van der Waals surface area contributed by atoms with Crippen LogP contribution >= 0.6 is 0 Å². The third-order valence-corrected chi connectivity index (χ3v) is 5.03. The lowest BCUT2D eigenvalue weighted by atomic mass is 10.1. The zero-order valence-corrected chi connectivity index (χ0v) is 15.2. The van der Waals surface area contributed by atoms with E-state index in [1.807, 2.05) is 47.4 Å². The Morgan fingerprint density at radius 2 is 2.15 bits per heavy atom. The summed E-state index contributed by atoms with van der Waals surface area (Å²) in [5, 5.41) is 0. The van der Waals surface area contributed by atoms with Gasteiger partial charge in [-0.2, -0.15) is 0 Å². The molecule has 0 spiro atoms. The quantitative estimate of drug-likeness (QED) is 0.766. The molecule has 2 aromatic carbocycles. The molecule has 2 atom stereocenters. The van der Waals surface area contributed by atoms with E-state index < -0.39 is 0 Å². The van der Waals surface area contributed by atoms with Crippen LogP contribution in [-0.4, -0.2) is 32.8 Å². The summed E-state index contributed by atoms with van der Waals surface area (Å²) in [5.74, 6) is 4.80. The van der Waals surface area contributed by atoms with Gasteiger partial charge in [-0.05, 0) is 42.2 Å². The Morgan fingerprint density at radius 1 is 1.30 bits per heavy atom. The highest BCUT2D eigenvalue weighted by Crippen LogP contribution is 2.51. The van der Waals surface area contributed by atoms with Gasteiger partial charge in [-0.1, -0.05) is 24.1 Å². The van der Waals surface area contributed by atoms with E-state index in [1.54, 1.807) is 7.11 Å². The van der Waals surface area contributed by atoms with Gasteiger partial charge < -0.3 is 19.1 Å². The SMILES string of the molecule is C#CCOc1ccc(C2CC2C(=O)N2CCOc3ccccc32)cc1OC. The fraction of sp³-hybridized carbons (Fsp3) is 0.318. The van der Waals surface area contributed by atoms with Crippen molar-refractivity contribution in [1.29, 1.82) is 0 Å². The summed E-state index contributed by atoms with van der Waals surface area (Å²) >= 11 is 0. The Kier molecular flexibility index (Phi) is 4.64. The third-order valence-electron chi connectivity index (χ3n) is 5.03. The molecule has 1 aliphatic carbocycles. The van der Waals surface area contributed by atoms with E-state index in [9.17, 15) is 4.79 Å². The summed E-state index contributed by atoms with van der Waals surface area (Å²) in [6.07, 6.45) is 6.08. The summed E-state index contributed by atoms with van der Waals surface area (Å²) < 4.78 is 16.6. The molecule has 2 aromatic rings. The molecule has 1 amide bonds. The molecule has 0 N–H and O–H groups in total. The number of carbonyl (C=O) groups excluding carboxylic acids is 1. The maximum absolute atomic E-state index is 13.1. The van der Waals surface area contributed by atoms with Gasteiger partial charge in [0.2, 0.25) is 5.91 Å². The van der Waals surface area contributed by atoms with Crippen LogP contribution in [0.2, 0.25) is 0 Å². The highest BCUT2D eigenvalue weighted by Gasteiger charge is 2.47. The van der Waals surface area contributed by atoms with Gasteiger partial charge in [-0.15, -0.1) is 6.42 Å². The maximum Gasteiger partial charge on any atom is 0.230 e. The van der Waals surface area contributed by atoms with E-state index in [1.165, 1.54) is 0 Å². The second-order valence-electron chi connectivity index (χ2n) is 6.66. The second kappa shape index (κ2) is 7.24. The topological polar surface area (TPSA) is 48.0 Å². The summed E-state index contributed by atoms with van der Waals surface area (Å²) in [5.41, 5.74) is 1.94. The van der Waals surface area contributed by atoms with Crippen molar-refractivity contribution in [2.24, 2.45) is 5.92 Å². The van der Waals surface area contributed by atoms with Crippen LogP contribution in [0.15, 0.2) is 42.5 Å². The number of benzene rings is 2. The molecule has 0 bridgehead atoms. The van der Waals surface area contributed by atoms with Crippen LogP contribution < -0.4 is 19.1 Å². The van der Waals surface area contributed by atoms with Gasteiger partial charge in [0.05, 0.1) is 19.3 Å². The molecule has 1 aliphatic heterocycles. The first kappa shape index (κ1) is 17.3. The largest absolute Gasteiger partial charge is 0.493 e. The smallest absolute Gasteiger partial charge is 0.230 e. The predicted molar refractivity (Wildman–Crippen MR) is 102 cm³/mol. The molecule has 2 unspecified atom stereocenters. The maximum atomic E-state index is 13.1. The molecule has 138 valence electrons. The van der Waals surface area contributed by atoms with Gasteiger partial charge in [0, 0.05) is 5.92 Å². The van der Waals surface area contributed by atoms with Gasteiger partial charge in [-0.3, -0.25) is 4.79 Å². The highest BCUT2D eigenvalue weighted by molar-refractivity contribution is 5.99. The summed E-state index contributed by atoms with van der Waals surface area (Å²) in [7, 11) is 1.60. The van der Waals surface area contributed by atoms with E-state index in [-0.39, 0.29) is 24.3 Å². The van der Waals surface area contributed by atoms with Crippen molar-refractivity contribution in [2.75, 3.05) is 31.8 Å². The minimum atomic E-state index is -0.0154. The molecule has 5 heteroatoms. The number of methoxy groups -OCH3 is 1. The molecule has 1 fully saturated rings. The van der Waals surface area contributed by atoms with Crippen LogP contribution in [0.3, 0.4) is 0 Å². The number of amides is 1. The number of hydrogen-bond acceptors (Lipinski definition) is 4. The molecule has 0 aromatic heterocycles. The third kappa shape index (κ3) is 3.31. The standard InChI is InChI=1S/C22H21NO4/c1-3-11-26-20-9-8-15(13-21(20)25-2)16-14-17(16)22(24)23-10-12-27-19-7-5-4-6-18(19)23/h1,4-9,13,16-17H,10-12,14H2,2H3. The summed E-state index contributed by atoms with van der Waals surface area (Å²) in [6, 6.07) is 13.5. The Balaban J connectivity index is 1.50. The number of para-hydroxylation sites is 2. The van der Waals surface area contributed by atoms with Crippen LogP contribution in [0.5, 0.6) is 17.2 Å². The number of terminal acetylenes is 1. The molecule has 1 saturated carbocycles.